The largest absolute Gasteiger partial charge is 1.00 e. The minimum atomic E-state index is -5.21. The van der Waals surface area contributed by atoms with Crippen molar-refractivity contribution in [2.75, 3.05) is 84.5 Å². The van der Waals surface area contributed by atoms with Crippen LogP contribution in [0.25, 0.3) is 12.2 Å². The maximum Gasteiger partial charge on any atom is 1.00 e. The first-order chi connectivity index (χ1) is 29.4. The van der Waals surface area contributed by atoms with Crippen molar-refractivity contribution >= 4 is 79.5 Å². The third-order valence-corrected chi connectivity index (χ3v) is 9.93. The zero-order valence-corrected chi connectivity index (χ0v) is 42.4. The molecule has 64 heavy (non-hydrogen) atoms. The molecule has 2 aromatic heterocycles. The van der Waals surface area contributed by atoms with E-state index in [4.69, 9.17) is 20.4 Å². The van der Waals surface area contributed by atoms with Gasteiger partial charge in [-0.3, -0.25) is 0 Å². The SMILES string of the molecule is O=S(=O)([O-])c1cc(Nc2nc(NCCC(O)CO)nc(NCC(O)CO)n2)ccc1/C=C/c1ccc(Nc2nc(NCCC(O)CO)nc(NCC(O)CO)n2)cc1S(=O)(=O)[O-].[K+].[K+]. The molecule has 0 fully saturated rings. The number of hydrogen-bond donors (Lipinski definition) is 14. The average Bonchev–Trinajstić information content (AvgIpc) is 3.23. The molecular weight excluding hydrogens is 943 g/mol. The number of hydrogen-bond acceptors (Lipinski definition) is 26. The summed E-state index contributed by atoms with van der Waals surface area (Å²) in [6, 6.07) is 7.00. The molecule has 0 aliphatic carbocycles. The van der Waals surface area contributed by atoms with Crippen molar-refractivity contribution in [1.82, 2.24) is 29.9 Å². The zero-order chi connectivity index (χ0) is 45.5. The van der Waals surface area contributed by atoms with Crippen molar-refractivity contribution in [2.45, 2.75) is 47.0 Å². The Morgan fingerprint density at radius 1 is 0.500 bits per heavy atom. The molecule has 0 spiro atoms. The molecule has 340 valence electrons. The van der Waals surface area contributed by atoms with E-state index < -0.39 is 80.9 Å². The Kier molecular flexibility index (Phi) is 25.5. The molecule has 4 aromatic rings. The monoisotopic (exact) mass is 988 g/mol. The molecule has 4 rings (SSSR count). The van der Waals surface area contributed by atoms with Gasteiger partial charge in [0.1, 0.15) is 20.2 Å². The molecule has 4 unspecified atom stereocenters. The first kappa shape index (κ1) is 57.9. The summed E-state index contributed by atoms with van der Waals surface area (Å²) in [4.78, 5) is 23.4. The van der Waals surface area contributed by atoms with Crippen LogP contribution in [0.4, 0.5) is 47.1 Å². The topological polar surface area (TPSA) is 426 Å². The maximum absolute atomic E-state index is 12.5. The molecular formula is C34H46K2N12O14S2. The van der Waals surface area contributed by atoms with Crippen LogP contribution < -0.4 is 135 Å². The van der Waals surface area contributed by atoms with E-state index in [-0.39, 0.29) is 200 Å². The summed E-state index contributed by atoms with van der Waals surface area (Å²) in [7, 11) is -10.4. The zero-order valence-electron chi connectivity index (χ0n) is 34.5. The molecule has 2 heterocycles. The van der Waals surface area contributed by atoms with E-state index in [0.29, 0.717) is 0 Å². The number of anilines is 8. The summed E-state index contributed by atoms with van der Waals surface area (Å²) >= 11 is 0. The van der Waals surface area contributed by atoms with Gasteiger partial charge in [0.05, 0.1) is 60.6 Å². The van der Waals surface area contributed by atoms with Gasteiger partial charge in [0.25, 0.3) is 0 Å². The Hall–Kier alpha value is -2.23. The number of rotatable bonds is 26. The molecule has 0 bridgehead atoms. The van der Waals surface area contributed by atoms with Gasteiger partial charge in [0.15, 0.2) is 0 Å². The number of benzene rings is 2. The Balaban J connectivity index is 0.00000704. The van der Waals surface area contributed by atoms with E-state index in [9.17, 15) is 46.4 Å². The number of aromatic nitrogens is 6. The molecule has 2 aromatic carbocycles. The van der Waals surface area contributed by atoms with Crippen molar-refractivity contribution in [3.8, 4) is 0 Å². The number of aliphatic hydroxyl groups excluding tert-OH is 8. The standard InChI is InChI=1S/C34H48N12O14S2.2K/c47-15-23(51)7-9-35-29-41-31(37-13-25(53)17-49)45-33(43-29)39-21-5-3-19(27(11-21)61(55,56)57)1-2-20-4-6-22(12-28(20)62(58,59)60)40-34-44-30(36-10-8-24(52)16-48)42-32(46-34)38-14-26(54)18-50;;/h1-6,11-12,23-26,47-54H,7-10,13-18H2,(H,55,56,57)(H,58,59,60)(H3,35,37,39,41,43,45)(H3,36,38,40,42,44,46);;/q;2*+1/p-2/b2-1+;;. The fraction of sp³-hybridized carbons (Fsp3) is 0.412. The van der Waals surface area contributed by atoms with Crippen LogP contribution in [-0.4, -0.2) is 174 Å². The molecule has 0 saturated heterocycles. The van der Waals surface area contributed by atoms with E-state index in [0.717, 1.165) is 24.3 Å². The summed E-state index contributed by atoms with van der Waals surface area (Å²) in [5, 5.41) is 91.8. The van der Waals surface area contributed by atoms with Crippen molar-refractivity contribution in [2.24, 2.45) is 0 Å². The van der Waals surface area contributed by atoms with Gasteiger partial charge in [-0.05, 0) is 48.2 Å². The minimum Gasteiger partial charge on any atom is -0.744 e. The molecule has 14 N–H and O–H groups in total. The van der Waals surface area contributed by atoms with E-state index in [1.807, 2.05) is 0 Å². The predicted octanol–water partition coefficient (Wildman–Crippen LogP) is -8.63. The van der Waals surface area contributed by atoms with Crippen molar-refractivity contribution in [3.05, 3.63) is 47.5 Å². The quantitative estimate of drug-likeness (QED) is 0.0158. The van der Waals surface area contributed by atoms with Gasteiger partial charge in [-0.25, -0.2) is 16.8 Å². The number of nitrogens with one attached hydrogen (secondary N) is 6. The van der Waals surface area contributed by atoms with Crippen molar-refractivity contribution in [3.63, 3.8) is 0 Å². The molecule has 0 aliphatic heterocycles. The van der Waals surface area contributed by atoms with E-state index >= 15 is 0 Å². The van der Waals surface area contributed by atoms with Crippen molar-refractivity contribution < 1.29 is 170 Å². The second kappa shape index (κ2) is 28.2. The second-order valence-electron chi connectivity index (χ2n) is 13.1. The van der Waals surface area contributed by atoms with Crippen LogP contribution in [-0.2, 0) is 20.2 Å². The Labute approximate surface area is 452 Å². The number of nitrogens with zero attached hydrogens (tertiary/aromatic N) is 6. The molecule has 4 atom stereocenters. The third kappa shape index (κ3) is 19.5. The summed E-state index contributed by atoms with van der Waals surface area (Å²) in [6.45, 7) is -2.24. The second-order valence-corrected chi connectivity index (χ2v) is 15.8. The molecule has 26 nitrogen and oxygen atoms in total. The van der Waals surface area contributed by atoms with Gasteiger partial charge < -0.3 is 81.9 Å². The number of aliphatic hydroxyl groups is 8. The van der Waals surface area contributed by atoms with Gasteiger partial charge in [-0.15, -0.1) is 0 Å². The summed E-state index contributed by atoms with van der Waals surface area (Å²) in [6.07, 6.45) is -1.98. The summed E-state index contributed by atoms with van der Waals surface area (Å²) in [5.74, 6) is -0.653. The van der Waals surface area contributed by atoms with Crippen LogP contribution >= 0.6 is 0 Å². The van der Waals surface area contributed by atoms with Gasteiger partial charge >= 0.3 is 103 Å². The predicted molar refractivity (Wildman–Crippen MR) is 220 cm³/mol. The third-order valence-electron chi connectivity index (χ3n) is 8.15. The Bertz CT molecular complexity index is 2200. The van der Waals surface area contributed by atoms with Gasteiger partial charge in [-0.2, -0.15) is 29.9 Å². The van der Waals surface area contributed by atoms with Gasteiger partial charge in [0.2, 0.25) is 35.7 Å². The van der Waals surface area contributed by atoms with Crippen LogP contribution in [0.5, 0.6) is 0 Å². The molecule has 0 saturated carbocycles. The summed E-state index contributed by atoms with van der Waals surface area (Å²) < 4.78 is 74.7. The van der Waals surface area contributed by atoms with Gasteiger partial charge in [0, 0.05) is 37.6 Å². The van der Waals surface area contributed by atoms with E-state index in [1.165, 1.54) is 24.3 Å². The normalized spacial score (nSPS) is 13.5. The first-order valence-electron chi connectivity index (χ1n) is 18.5. The fourth-order valence-electron chi connectivity index (χ4n) is 4.98. The summed E-state index contributed by atoms with van der Waals surface area (Å²) in [5.41, 5.74) is -0.422. The van der Waals surface area contributed by atoms with Crippen LogP contribution in [0.3, 0.4) is 0 Å². The Morgan fingerprint density at radius 2 is 0.812 bits per heavy atom. The smallest absolute Gasteiger partial charge is 0.744 e. The molecule has 0 radical (unpaired) electrons. The van der Waals surface area contributed by atoms with Crippen LogP contribution in [0.2, 0.25) is 0 Å². The fourth-order valence-corrected chi connectivity index (χ4v) is 6.37. The van der Waals surface area contributed by atoms with E-state index in [1.54, 1.807) is 0 Å². The molecule has 0 amide bonds. The molecule has 30 heteroatoms. The Morgan fingerprint density at radius 3 is 1.12 bits per heavy atom. The average molecular weight is 989 g/mol. The van der Waals surface area contributed by atoms with Crippen LogP contribution in [0.1, 0.15) is 24.0 Å². The molecule has 0 aliphatic rings. The van der Waals surface area contributed by atoms with Crippen LogP contribution in [0.15, 0.2) is 46.2 Å². The van der Waals surface area contributed by atoms with E-state index in [2.05, 4.69) is 61.8 Å². The minimum absolute atomic E-state index is 0. The first-order valence-corrected chi connectivity index (χ1v) is 21.3. The maximum atomic E-state index is 12.5. The van der Waals surface area contributed by atoms with Crippen molar-refractivity contribution in [1.29, 1.82) is 0 Å². The van der Waals surface area contributed by atoms with Gasteiger partial charge in [-0.1, -0.05) is 24.3 Å². The van der Waals surface area contributed by atoms with Crippen LogP contribution in [0, 0.1) is 0 Å².